The summed E-state index contributed by atoms with van der Waals surface area (Å²) in [4.78, 5) is 0.292. The molecule has 1 rings (SSSR count). The van der Waals surface area contributed by atoms with Gasteiger partial charge in [0.25, 0.3) is 0 Å². The van der Waals surface area contributed by atoms with Crippen molar-refractivity contribution in [1.29, 1.82) is 0 Å². The molecule has 0 amide bonds. The largest absolute Gasteiger partial charge is 0.240 e. The molecule has 1 aromatic rings. The van der Waals surface area contributed by atoms with Crippen molar-refractivity contribution in [3.05, 3.63) is 28.7 Å². The predicted molar refractivity (Wildman–Crippen MR) is 77.0 cm³/mol. The van der Waals surface area contributed by atoms with E-state index in [1.165, 1.54) is 0 Å². The molecular weight excluding hydrogens is 370 g/mol. The van der Waals surface area contributed by atoms with Crippen LogP contribution in [0, 0.1) is 0 Å². The summed E-state index contributed by atoms with van der Waals surface area (Å²) in [6.07, 6.45) is 1.56. The lowest BCUT2D eigenvalue weighted by molar-refractivity contribution is 0.533. The number of sulfonamides is 1. The van der Waals surface area contributed by atoms with E-state index in [1.54, 1.807) is 24.3 Å². The number of benzene rings is 1. The molecule has 1 unspecified atom stereocenters. The molecule has 0 bridgehead atoms. The molecule has 17 heavy (non-hydrogen) atoms. The third-order valence-electron chi connectivity index (χ3n) is 2.38. The molecule has 1 N–H and O–H groups in total. The molecule has 0 aliphatic carbocycles. The van der Waals surface area contributed by atoms with Crippen molar-refractivity contribution in [2.75, 3.05) is 5.33 Å². The number of halogens is 2. The van der Waals surface area contributed by atoms with Gasteiger partial charge in [0, 0.05) is 15.8 Å². The van der Waals surface area contributed by atoms with Crippen LogP contribution in [0.1, 0.15) is 19.8 Å². The fourth-order valence-corrected chi connectivity index (χ4v) is 3.90. The molecule has 1 atom stereocenters. The van der Waals surface area contributed by atoms with E-state index in [1.807, 2.05) is 6.92 Å². The van der Waals surface area contributed by atoms with Crippen LogP contribution in [0.3, 0.4) is 0 Å². The molecule has 0 aromatic heterocycles. The van der Waals surface area contributed by atoms with E-state index in [4.69, 9.17) is 0 Å². The molecule has 0 heterocycles. The summed E-state index contributed by atoms with van der Waals surface area (Å²) >= 11 is 6.59. The third kappa shape index (κ3) is 4.69. The van der Waals surface area contributed by atoms with Crippen LogP contribution >= 0.6 is 31.9 Å². The highest BCUT2D eigenvalue weighted by atomic mass is 79.9. The average molecular weight is 385 g/mol. The zero-order valence-electron chi connectivity index (χ0n) is 9.49. The molecule has 96 valence electrons. The van der Waals surface area contributed by atoms with E-state index in [9.17, 15) is 8.42 Å². The van der Waals surface area contributed by atoms with Crippen LogP contribution in [0.2, 0.25) is 0 Å². The Morgan fingerprint density at radius 2 is 2.12 bits per heavy atom. The summed E-state index contributed by atoms with van der Waals surface area (Å²) in [6, 6.07) is 6.68. The van der Waals surface area contributed by atoms with E-state index in [-0.39, 0.29) is 6.04 Å². The second-order valence-electron chi connectivity index (χ2n) is 3.66. The van der Waals surface area contributed by atoms with Crippen LogP contribution in [-0.4, -0.2) is 19.8 Å². The van der Waals surface area contributed by atoms with E-state index < -0.39 is 10.0 Å². The van der Waals surface area contributed by atoms with Crippen molar-refractivity contribution >= 4 is 41.9 Å². The first-order valence-corrected chi connectivity index (χ1v) is 8.73. The molecule has 0 spiro atoms. The Balaban J connectivity index is 2.88. The van der Waals surface area contributed by atoms with E-state index in [0.29, 0.717) is 4.90 Å². The maximum atomic E-state index is 12.1. The number of alkyl halides is 1. The highest BCUT2D eigenvalue weighted by Crippen LogP contribution is 2.17. The lowest BCUT2D eigenvalue weighted by atomic mass is 10.2. The maximum absolute atomic E-state index is 12.1. The number of nitrogens with one attached hydrogen (secondary N) is 1. The predicted octanol–water partition coefficient (Wildman–Crippen LogP) is 3.29. The van der Waals surface area contributed by atoms with Crippen LogP contribution in [0.25, 0.3) is 0 Å². The summed E-state index contributed by atoms with van der Waals surface area (Å²) in [7, 11) is -3.42. The van der Waals surface area contributed by atoms with Gasteiger partial charge in [-0.15, -0.1) is 0 Å². The summed E-state index contributed by atoms with van der Waals surface area (Å²) in [5.74, 6) is 0. The Morgan fingerprint density at radius 3 is 2.65 bits per heavy atom. The Kier molecular flexibility index (Phi) is 6.12. The smallest absolute Gasteiger partial charge is 0.208 e. The minimum Gasteiger partial charge on any atom is -0.208 e. The molecule has 0 aliphatic rings. The SMILES string of the molecule is CCC(CCBr)NS(=O)(=O)c1cccc(Br)c1. The van der Waals surface area contributed by atoms with Crippen molar-refractivity contribution in [1.82, 2.24) is 4.72 Å². The third-order valence-corrected chi connectivity index (χ3v) is 4.85. The highest BCUT2D eigenvalue weighted by Gasteiger charge is 2.18. The fraction of sp³-hybridized carbons (Fsp3) is 0.455. The minimum absolute atomic E-state index is 0.0293. The van der Waals surface area contributed by atoms with Crippen molar-refractivity contribution in [3.63, 3.8) is 0 Å². The van der Waals surface area contributed by atoms with Gasteiger partial charge >= 0.3 is 0 Å². The first kappa shape index (κ1) is 15.1. The topological polar surface area (TPSA) is 46.2 Å². The number of rotatable bonds is 6. The number of hydrogen-bond acceptors (Lipinski definition) is 2. The summed E-state index contributed by atoms with van der Waals surface area (Å²) < 4.78 is 27.6. The first-order valence-electron chi connectivity index (χ1n) is 5.33. The summed E-state index contributed by atoms with van der Waals surface area (Å²) in [5, 5.41) is 0.784. The van der Waals surface area contributed by atoms with Crippen LogP contribution < -0.4 is 4.72 Å². The molecule has 1 aromatic carbocycles. The molecule has 0 aliphatic heterocycles. The van der Waals surface area contributed by atoms with E-state index in [0.717, 1.165) is 22.6 Å². The van der Waals surface area contributed by atoms with Gasteiger partial charge < -0.3 is 0 Å². The van der Waals surface area contributed by atoms with Crippen molar-refractivity contribution in [2.45, 2.75) is 30.7 Å². The van der Waals surface area contributed by atoms with Gasteiger partial charge in [0.05, 0.1) is 4.90 Å². The Labute approximate surface area is 119 Å². The Hall–Kier alpha value is 0.0900. The normalized spacial score (nSPS) is 13.6. The second-order valence-corrected chi connectivity index (χ2v) is 7.08. The van der Waals surface area contributed by atoms with Crippen LogP contribution in [0.5, 0.6) is 0 Å². The number of hydrogen-bond donors (Lipinski definition) is 1. The van der Waals surface area contributed by atoms with Gasteiger partial charge in [0.15, 0.2) is 0 Å². The average Bonchev–Trinajstić information content (AvgIpc) is 2.28. The van der Waals surface area contributed by atoms with Crippen molar-refractivity contribution in [3.8, 4) is 0 Å². The lowest BCUT2D eigenvalue weighted by Crippen LogP contribution is -2.34. The Bertz CT molecular complexity index is 462. The minimum atomic E-state index is -3.42. The maximum Gasteiger partial charge on any atom is 0.240 e. The summed E-state index contributed by atoms with van der Waals surface area (Å²) in [5.41, 5.74) is 0. The van der Waals surface area contributed by atoms with E-state index >= 15 is 0 Å². The fourth-order valence-electron chi connectivity index (χ4n) is 1.40. The molecule has 0 radical (unpaired) electrons. The van der Waals surface area contributed by atoms with Gasteiger partial charge in [0.1, 0.15) is 0 Å². The van der Waals surface area contributed by atoms with Crippen LogP contribution in [-0.2, 0) is 10.0 Å². The zero-order chi connectivity index (χ0) is 12.9. The van der Waals surface area contributed by atoms with E-state index in [2.05, 4.69) is 36.6 Å². The van der Waals surface area contributed by atoms with Gasteiger partial charge in [-0.2, -0.15) is 0 Å². The quantitative estimate of drug-likeness (QED) is 0.765. The molecular formula is C11H15Br2NO2S. The highest BCUT2D eigenvalue weighted by molar-refractivity contribution is 9.10. The van der Waals surface area contributed by atoms with Crippen LogP contribution in [0.15, 0.2) is 33.6 Å². The van der Waals surface area contributed by atoms with Gasteiger partial charge in [-0.05, 0) is 31.0 Å². The van der Waals surface area contributed by atoms with Gasteiger partial charge in [-0.25, -0.2) is 13.1 Å². The summed E-state index contributed by atoms with van der Waals surface area (Å²) in [6.45, 7) is 1.97. The van der Waals surface area contributed by atoms with Crippen LogP contribution in [0.4, 0.5) is 0 Å². The Morgan fingerprint density at radius 1 is 1.41 bits per heavy atom. The van der Waals surface area contributed by atoms with Crippen molar-refractivity contribution in [2.24, 2.45) is 0 Å². The van der Waals surface area contributed by atoms with Gasteiger partial charge in [-0.3, -0.25) is 0 Å². The molecule has 0 saturated heterocycles. The van der Waals surface area contributed by atoms with Gasteiger partial charge in [-0.1, -0.05) is 44.8 Å². The molecule has 3 nitrogen and oxygen atoms in total. The zero-order valence-corrected chi connectivity index (χ0v) is 13.5. The lowest BCUT2D eigenvalue weighted by Gasteiger charge is -2.15. The van der Waals surface area contributed by atoms with Crippen molar-refractivity contribution < 1.29 is 8.42 Å². The second kappa shape index (κ2) is 6.87. The molecule has 0 saturated carbocycles. The molecule has 0 fully saturated rings. The van der Waals surface area contributed by atoms with Gasteiger partial charge in [0.2, 0.25) is 10.0 Å². The first-order chi connectivity index (χ1) is 7.99. The standard InChI is InChI=1S/C11H15Br2NO2S/c1-2-10(6-7-12)14-17(15,16)11-5-3-4-9(13)8-11/h3-5,8,10,14H,2,6-7H2,1H3. The molecule has 6 heteroatoms. The monoisotopic (exact) mass is 383 g/mol.